The predicted molar refractivity (Wildman–Crippen MR) is 65.9 cm³/mol. The van der Waals surface area contributed by atoms with Crippen molar-refractivity contribution in [2.45, 2.75) is 44.9 Å². The first-order valence-corrected chi connectivity index (χ1v) is 7.08. The molecule has 0 heterocycles. The molecule has 1 amide bonds. The molecule has 4 heteroatoms. The van der Waals surface area contributed by atoms with Gasteiger partial charge in [-0.1, -0.05) is 12.8 Å². The second-order valence-corrected chi connectivity index (χ2v) is 6.56. The van der Waals surface area contributed by atoms with Crippen LogP contribution in [0.1, 0.15) is 44.9 Å². The van der Waals surface area contributed by atoms with E-state index in [1.165, 1.54) is 12.8 Å². The second-order valence-electron chi connectivity index (χ2n) is 6.56. The van der Waals surface area contributed by atoms with Crippen LogP contribution in [0.5, 0.6) is 0 Å². The van der Waals surface area contributed by atoms with Crippen LogP contribution in [0.25, 0.3) is 0 Å². The Kier molecular flexibility index (Phi) is 2.83. The molecule has 1 atom stereocenters. The zero-order valence-corrected chi connectivity index (χ0v) is 10.7. The Morgan fingerprint density at radius 3 is 2.44 bits per heavy atom. The summed E-state index contributed by atoms with van der Waals surface area (Å²) >= 11 is 0. The topological polar surface area (TPSA) is 66.4 Å². The molecule has 2 N–H and O–H groups in total. The van der Waals surface area contributed by atoms with E-state index in [0.29, 0.717) is 17.9 Å². The van der Waals surface area contributed by atoms with Crippen LogP contribution in [0.2, 0.25) is 0 Å². The number of hydrogen-bond acceptors (Lipinski definition) is 2. The lowest BCUT2D eigenvalue weighted by atomic mass is 9.71. The molecule has 0 radical (unpaired) electrons. The van der Waals surface area contributed by atoms with Crippen molar-refractivity contribution in [2.24, 2.45) is 23.2 Å². The van der Waals surface area contributed by atoms with Gasteiger partial charge in [0.2, 0.25) is 5.91 Å². The van der Waals surface area contributed by atoms with Gasteiger partial charge in [-0.05, 0) is 43.4 Å². The second kappa shape index (κ2) is 4.25. The first-order valence-electron chi connectivity index (χ1n) is 7.08. The van der Waals surface area contributed by atoms with E-state index in [1.807, 2.05) is 0 Å². The molecule has 3 saturated carbocycles. The molecular formula is C14H21NO3. The number of hydrogen-bond donors (Lipinski definition) is 2. The van der Waals surface area contributed by atoms with Crippen LogP contribution < -0.4 is 5.32 Å². The summed E-state index contributed by atoms with van der Waals surface area (Å²) in [5.41, 5.74) is 0.530. The number of carbonyl (C=O) groups is 2. The van der Waals surface area contributed by atoms with Gasteiger partial charge in [-0.15, -0.1) is 0 Å². The highest BCUT2D eigenvalue weighted by Gasteiger charge is 2.54. The summed E-state index contributed by atoms with van der Waals surface area (Å²) in [7, 11) is 0. The fraction of sp³-hybridized carbons (Fsp3) is 0.857. The van der Waals surface area contributed by atoms with E-state index < -0.39 is 11.9 Å². The van der Waals surface area contributed by atoms with E-state index >= 15 is 0 Å². The van der Waals surface area contributed by atoms with Crippen LogP contribution in [0.4, 0.5) is 0 Å². The zero-order chi connectivity index (χ0) is 12.8. The maximum atomic E-state index is 11.9. The van der Waals surface area contributed by atoms with Crippen LogP contribution in [0.15, 0.2) is 0 Å². The lowest BCUT2D eigenvalue weighted by Gasteiger charge is -2.34. The van der Waals surface area contributed by atoms with Crippen molar-refractivity contribution >= 4 is 11.9 Å². The Hall–Kier alpha value is -1.06. The number of carboxylic acid groups (broad SMARTS) is 1. The Balaban J connectivity index is 1.41. The first-order chi connectivity index (χ1) is 8.58. The Morgan fingerprint density at radius 1 is 1.28 bits per heavy atom. The van der Waals surface area contributed by atoms with E-state index in [4.69, 9.17) is 5.11 Å². The molecule has 18 heavy (non-hydrogen) atoms. The third-order valence-electron chi connectivity index (χ3n) is 4.87. The zero-order valence-electron chi connectivity index (χ0n) is 10.7. The van der Waals surface area contributed by atoms with Gasteiger partial charge in [-0.25, -0.2) is 0 Å². The number of amides is 1. The van der Waals surface area contributed by atoms with Gasteiger partial charge in [-0.3, -0.25) is 9.59 Å². The van der Waals surface area contributed by atoms with E-state index in [2.05, 4.69) is 5.32 Å². The average molecular weight is 251 g/mol. The smallest absolute Gasteiger partial charge is 0.308 e. The van der Waals surface area contributed by atoms with Crippen molar-refractivity contribution in [3.8, 4) is 0 Å². The predicted octanol–water partition coefficient (Wildman–Crippen LogP) is 1.79. The molecule has 0 aromatic heterocycles. The third-order valence-corrected chi connectivity index (χ3v) is 4.87. The van der Waals surface area contributed by atoms with E-state index in [1.54, 1.807) is 0 Å². The van der Waals surface area contributed by atoms with Crippen molar-refractivity contribution in [1.82, 2.24) is 5.32 Å². The Morgan fingerprint density at radius 2 is 1.94 bits per heavy atom. The largest absolute Gasteiger partial charge is 0.481 e. The summed E-state index contributed by atoms with van der Waals surface area (Å²) in [4.78, 5) is 23.0. The highest BCUT2D eigenvalue weighted by molar-refractivity contribution is 5.80. The Bertz CT molecular complexity index is 363. The quantitative estimate of drug-likeness (QED) is 0.756. The van der Waals surface area contributed by atoms with Crippen molar-refractivity contribution in [1.29, 1.82) is 0 Å². The normalized spacial score (nSPS) is 26.4. The summed E-state index contributed by atoms with van der Waals surface area (Å²) in [6, 6.07) is 0. The highest BCUT2D eigenvalue weighted by Crippen LogP contribution is 2.63. The van der Waals surface area contributed by atoms with Gasteiger partial charge in [0.15, 0.2) is 0 Å². The number of aliphatic carboxylic acids is 1. The minimum atomic E-state index is -0.769. The lowest BCUT2D eigenvalue weighted by Crippen LogP contribution is -2.42. The molecule has 0 aromatic carbocycles. The molecule has 3 fully saturated rings. The molecule has 1 unspecified atom stereocenters. The first kappa shape index (κ1) is 12.0. The molecule has 3 rings (SSSR count). The average Bonchev–Trinajstić information content (AvgIpc) is 3.12. The monoisotopic (exact) mass is 251 g/mol. The summed E-state index contributed by atoms with van der Waals surface area (Å²) < 4.78 is 0. The molecule has 1 spiro atoms. The number of carbonyl (C=O) groups excluding carboxylic acids is 1. The minimum absolute atomic E-state index is 0.0783. The maximum absolute atomic E-state index is 11.9. The van der Waals surface area contributed by atoms with Gasteiger partial charge >= 0.3 is 5.97 Å². The molecule has 4 nitrogen and oxygen atoms in total. The number of nitrogens with one attached hydrogen (secondary N) is 1. The summed E-state index contributed by atoms with van der Waals surface area (Å²) in [5, 5.41) is 12.0. The fourth-order valence-electron chi connectivity index (χ4n) is 3.15. The van der Waals surface area contributed by atoms with Gasteiger partial charge in [0.25, 0.3) is 0 Å². The fourth-order valence-corrected chi connectivity index (χ4v) is 3.15. The van der Waals surface area contributed by atoms with Gasteiger partial charge in [0.1, 0.15) is 0 Å². The maximum Gasteiger partial charge on any atom is 0.308 e. The van der Waals surface area contributed by atoms with E-state index in [0.717, 1.165) is 32.1 Å². The van der Waals surface area contributed by atoms with Crippen molar-refractivity contribution in [3.05, 3.63) is 0 Å². The number of carboxylic acids is 1. The Labute approximate surface area is 107 Å². The van der Waals surface area contributed by atoms with Gasteiger partial charge in [-0.2, -0.15) is 0 Å². The minimum Gasteiger partial charge on any atom is -0.481 e. The highest BCUT2D eigenvalue weighted by atomic mass is 16.4. The molecule has 3 aliphatic rings. The summed E-state index contributed by atoms with van der Waals surface area (Å²) in [6.45, 7) is 0.314. The molecule has 0 aliphatic heterocycles. The van der Waals surface area contributed by atoms with Crippen LogP contribution in [-0.4, -0.2) is 23.5 Å². The van der Waals surface area contributed by atoms with Gasteiger partial charge in [0, 0.05) is 12.5 Å². The molecule has 100 valence electrons. The van der Waals surface area contributed by atoms with Crippen molar-refractivity contribution in [3.63, 3.8) is 0 Å². The molecule has 0 aromatic rings. The molecule has 3 aliphatic carbocycles. The van der Waals surface area contributed by atoms with Gasteiger partial charge in [0.05, 0.1) is 5.92 Å². The summed E-state index contributed by atoms with van der Waals surface area (Å²) in [6.07, 6.45) is 7.67. The standard InChI is InChI=1S/C14H21NO3/c16-12(11-6-14(7-11)3-4-14)15-8-10(13(17)18)5-9-1-2-9/h9-11H,1-8H2,(H,15,16)(H,17,18). The number of rotatable bonds is 6. The third kappa shape index (κ3) is 2.52. The van der Waals surface area contributed by atoms with Crippen LogP contribution in [-0.2, 0) is 9.59 Å². The van der Waals surface area contributed by atoms with E-state index in [9.17, 15) is 9.59 Å². The van der Waals surface area contributed by atoms with Crippen molar-refractivity contribution in [2.75, 3.05) is 6.54 Å². The van der Waals surface area contributed by atoms with Crippen molar-refractivity contribution < 1.29 is 14.7 Å². The lowest BCUT2D eigenvalue weighted by molar-refractivity contribution is -0.142. The van der Waals surface area contributed by atoms with E-state index in [-0.39, 0.29) is 11.8 Å². The van der Waals surface area contributed by atoms with Crippen LogP contribution >= 0.6 is 0 Å². The summed E-state index contributed by atoms with van der Waals surface area (Å²) in [5.74, 6) is -0.343. The molecule has 0 saturated heterocycles. The molecule has 0 bridgehead atoms. The SMILES string of the molecule is O=C(O)C(CNC(=O)C1CC2(CC2)C1)CC1CC1. The molecular weight excluding hydrogens is 230 g/mol. The van der Waals surface area contributed by atoms with Crippen LogP contribution in [0.3, 0.4) is 0 Å². The van der Waals surface area contributed by atoms with Gasteiger partial charge < -0.3 is 10.4 Å². The van der Waals surface area contributed by atoms with Crippen LogP contribution in [0, 0.1) is 23.2 Å².